The number of rotatable bonds is 7. The van der Waals surface area contributed by atoms with E-state index in [0.717, 1.165) is 0 Å². The highest BCUT2D eigenvalue weighted by Crippen LogP contribution is 2.15. The zero-order chi connectivity index (χ0) is 15.0. The van der Waals surface area contributed by atoms with Crippen molar-refractivity contribution in [1.29, 1.82) is 0 Å². The molecular formula is C14H17ClN2O3. The van der Waals surface area contributed by atoms with Gasteiger partial charge in [-0.2, -0.15) is 0 Å². The first-order valence-corrected chi connectivity index (χ1v) is 6.45. The van der Waals surface area contributed by atoms with E-state index in [-0.39, 0.29) is 18.4 Å². The van der Waals surface area contributed by atoms with Crippen LogP contribution in [0.2, 0.25) is 5.02 Å². The zero-order valence-electron chi connectivity index (χ0n) is 11.2. The van der Waals surface area contributed by atoms with Gasteiger partial charge >= 0.3 is 0 Å². The van der Waals surface area contributed by atoms with Gasteiger partial charge in [0.05, 0.1) is 0 Å². The van der Waals surface area contributed by atoms with Crippen molar-refractivity contribution in [2.24, 2.45) is 0 Å². The Morgan fingerprint density at radius 1 is 1.30 bits per heavy atom. The van der Waals surface area contributed by atoms with Crippen molar-refractivity contribution < 1.29 is 14.3 Å². The predicted molar refractivity (Wildman–Crippen MR) is 77.5 cm³/mol. The van der Waals surface area contributed by atoms with E-state index in [9.17, 15) is 9.59 Å². The van der Waals surface area contributed by atoms with Crippen LogP contribution in [0.5, 0.6) is 5.75 Å². The van der Waals surface area contributed by atoms with Gasteiger partial charge in [0.15, 0.2) is 6.61 Å². The molecule has 108 valence electrons. The summed E-state index contributed by atoms with van der Waals surface area (Å²) in [5, 5.41) is 5.83. The van der Waals surface area contributed by atoms with Crippen molar-refractivity contribution in [3.8, 4) is 5.75 Å². The molecule has 0 fully saturated rings. The molecule has 1 rings (SSSR count). The Morgan fingerprint density at radius 2 is 1.95 bits per heavy atom. The second kappa shape index (κ2) is 8.22. The molecule has 0 saturated heterocycles. The number of ether oxygens (including phenoxy) is 1. The van der Waals surface area contributed by atoms with Crippen LogP contribution in [0.3, 0.4) is 0 Å². The fourth-order valence-electron chi connectivity index (χ4n) is 1.39. The second-order valence-corrected chi connectivity index (χ2v) is 4.56. The molecule has 0 spiro atoms. The summed E-state index contributed by atoms with van der Waals surface area (Å²) in [6, 6.07) is 6.75. The quantitative estimate of drug-likeness (QED) is 0.807. The van der Waals surface area contributed by atoms with E-state index in [0.29, 0.717) is 29.4 Å². The highest BCUT2D eigenvalue weighted by Gasteiger charge is 2.03. The first-order valence-electron chi connectivity index (χ1n) is 6.08. The third-order valence-corrected chi connectivity index (χ3v) is 2.54. The molecule has 0 aliphatic carbocycles. The van der Waals surface area contributed by atoms with Crippen LogP contribution < -0.4 is 15.4 Å². The van der Waals surface area contributed by atoms with Crippen LogP contribution in [-0.4, -0.2) is 25.0 Å². The predicted octanol–water partition coefficient (Wildman–Crippen LogP) is 1.87. The van der Waals surface area contributed by atoms with E-state index in [1.807, 2.05) is 0 Å². The summed E-state index contributed by atoms with van der Waals surface area (Å²) < 4.78 is 5.28. The van der Waals surface area contributed by atoms with Crippen LogP contribution in [0.15, 0.2) is 36.5 Å². The first-order chi connectivity index (χ1) is 9.47. The van der Waals surface area contributed by atoms with Gasteiger partial charge in [0.1, 0.15) is 5.75 Å². The maximum atomic E-state index is 11.5. The number of carbonyl (C=O) groups excluding carboxylic acids is 2. The van der Waals surface area contributed by atoms with E-state index in [2.05, 4.69) is 17.2 Å². The maximum absolute atomic E-state index is 11.5. The molecule has 5 nitrogen and oxygen atoms in total. The third-order valence-electron chi connectivity index (χ3n) is 2.29. The largest absolute Gasteiger partial charge is 0.484 e. The molecule has 1 aromatic rings. The molecule has 0 bridgehead atoms. The van der Waals surface area contributed by atoms with Gasteiger partial charge in [-0.25, -0.2) is 0 Å². The normalized spacial score (nSPS) is 9.70. The van der Waals surface area contributed by atoms with Gasteiger partial charge in [-0.3, -0.25) is 9.59 Å². The number of benzene rings is 1. The summed E-state index contributed by atoms with van der Waals surface area (Å²) in [5.74, 6) is 0.162. The molecule has 20 heavy (non-hydrogen) atoms. The molecular weight excluding hydrogens is 280 g/mol. The summed E-state index contributed by atoms with van der Waals surface area (Å²) in [4.78, 5) is 22.3. The number of amides is 2. The van der Waals surface area contributed by atoms with Crippen LogP contribution in [0.25, 0.3) is 0 Å². The van der Waals surface area contributed by atoms with Gasteiger partial charge in [0, 0.05) is 30.6 Å². The minimum Gasteiger partial charge on any atom is -0.484 e. The van der Waals surface area contributed by atoms with Crippen LogP contribution >= 0.6 is 11.6 Å². The molecule has 0 aliphatic heterocycles. The van der Waals surface area contributed by atoms with Gasteiger partial charge in [-0.05, 0) is 24.3 Å². The molecule has 2 N–H and O–H groups in total. The topological polar surface area (TPSA) is 67.4 Å². The Balaban J connectivity index is 2.19. The van der Waals surface area contributed by atoms with E-state index in [4.69, 9.17) is 16.3 Å². The Labute approximate surface area is 123 Å². The molecule has 0 radical (unpaired) electrons. The minimum absolute atomic E-state index is 0.0752. The van der Waals surface area contributed by atoms with E-state index in [1.165, 1.54) is 6.92 Å². The summed E-state index contributed by atoms with van der Waals surface area (Å²) in [5.41, 5.74) is 0.566. The van der Waals surface area contributed by atoms with Crippen molar-refractivity contribution in [1.82, 2.24) is 10.6 Å². The number of halogens is 1. The highest BCUT2D eigenvalue weighted by molar-refractivity contribution is 6.30. The fourth-order valence-corrected chi connectivity index (χ4v) is 1.52. The van der Waals surface area contributed by atoms with Crippen molar-refractivity contribution in [2.75, 3.05) is 13.2 Å². The lowest BCUT2D eigenvalue weighted by molar-refractivity contribution is -0.123. The molecule has 0 aromatic heterocycles. The Morgan fingerprint density at radius 3 is 2.55 bits per heavy atom. The van der Waals surface area contributed by atoms with Crippen LogP contribution in [0.4, 0.5) is 0 Å². The summed E-state index contributed by atoms with van der Waals surface area (Å²) in [6.07, 6.45) is 0.478. The smallest absolute Gasteiger partial charge is 0.257 e. The lowest BCUT2D eigenvalue weighted by atomic mass is 10.3. The molecule has 6 heteroatoms. The number of nitrogens with one attached hydrogen (secondary N) is 2. The zero-order valence-corrected chi connectivity index (χ0v) is 12.0. The van der Waals surface area contributed by atoms with Gasteiger partial charge in [0.25, 0.3) is 5.91 Å². The lowest BCUT2D eigenvalue weighted by Gasteiger charge is -2.09. The van der Waals surface area contributed by atoms with Crippen LogP contribution in [0.1, 0.15) is 13.3 Å². The minimum atomic E-state index is -0.240. The van der Waals surface area contributed by atoms with Gasteiger partial charge < -0.3 is 15.4 Å². The average molecular weight is 297 g/mol. The van der Waals surface area contributed by atoms with Crippen molar-refractivity contribution >= 4 is 23.4 Å². The number of hydrogen-bond donors (Lipinski definition) is 2. The highest BCUT2D eigenvalue weighted by atomic mass is 35.5. The maximum Gasteiger partial charge on any atom is 0.257 e. The van der Waals surface area contributed by atoms with Crippen molar-refractivity contribution in [2.45, 2.75) is 13.3 Å². The molecule has 1 aromatic carbocycles. The number of carbonyl (C=O) groups is 2. The Kier molecular flexibility index (Phi) is 6.59. The Bertz CT molecular complexity index is 486. The monoisotopic (exact) mass is 296 g/mol. The molecule has 0 heterocycles. The van der Waals surface area contributed by atoms with Gasteiger partial charge in [0.2, 0.25) is 5.91 Å². The second-order valence-electron chi connectivity index (χ2n) is 4.13. The molecule has 0 unspecified atom stereocenters. The Hall–Kier alpha value is -2.01. The molecule has 0 atom stereocenters. The fraction of sp³-hybridized carbons (Fsp3) is 0.286. The van der Waals surface area contributed by atoms with Crippen molar-refractivity contribution in [3.05, 3.63) is 41.6 Å². The van der Waals surface area contributed by atoms with Crippen molar-refractivity contribution in [3.63, 3.8) is 0 Å². The summed E-state index contributed by atoms with van der Waals surface area (Å²) >= 11 is 5.74. The van der Waals surface area contributed by atoms with E-state index < -0.39 is 0 Å². The SMILES string of the molecule is C=C(CCNC(=O)COc1ccc(Cl)cc1)NC(C)=O. The average Bonchev–Trinajstić information content (AvgIpc) is 2.37. The van der Waals surface area contributed by atoms with E-state index >= 15 is 0 Å². The standard InChI is InChI=1S/C14H17ClN2O3/c1-10(17-11(2)18)7-8-16-14(19)9-20-13-5-3-12(15)4-6-13/h3-6H,1,7-9H2,2H3,(H,16,19)(H,17,18). The first kappa shape index (κ1) is 16.0. The summed E-state index contributed by atoms with van der Waals surface area (Å²) in [6.45, 7) is 5.39. The molecule has 0 aliphatic rings. The van der Waals surface area contributed by atoms with Gasteiger partial charge in [-0.1, -0.05) is 18.2 Å². The number of hydrogen-bond acceptors (Lipinski definition) is 3. The van der Waals surface area contributed by atoms with Crippen LogP contribution in [-0.2, 0) is 9.59 Å². The van der Waals surface area contributed by atoms with Crippen LogP contribution in [0, 0.1) is 0 Å². The molecule has 2 amide bonds. The molecule has 0 saturated carbocycles. The van der Waals surface area contributed by atoms with E-state index in [1.54, 1.807) is 24.3 Å². The summed E-state index contributed by atoms with van der Waals surface area (Å²) in [7, 11) is 0. The van der Waals surface area contributed by atoms with Gasteiger partial charge in [-0.15, -0.1) is 0 Å². The third kappa shape index (κ3) is 6.80. The lowest BCUT2D eigenvalue weighted by Crippen LogP contribution is -2.31.